The lowest BCUT2D eigenvalue weighted by Gasteiger charge is -2.19. The molecule has 2 aromatic carbocycles. The van der Waals surface area contributed by atoms with E-state index in [1.54, 1.807) is 4.90 Å². The Balaban J connectivity index is 2.17. The van der Waals surface area contributed by atoms with E-state index in [2.05, 4.69) is 0 Å². The Bertz CT molecular complexity index is 649. The molecule has 1 amide bonds. The number of carbonyl (C=O) groups is 1. The molecule has 0 aliphatic carbocycles. The van der Waals surface area contributed by atoms with Crippen LogP contribution in [0.2, 0.25) is 0 Å². The van der Waals surface area contributed by atoms with Crippen molar-refractivity contribution in [2.45, 2.75) is 26.9 Å². The van der Waals surface area contributed by atoms with Crippen LogP contribution in [0.4, 0.5) is 0 Å². The fourth-order valence-electron chi connectivity index (χ4n) is 2.33. The number of amides is 1. The zero-order valence-corrected chi connectivity index (χ0v) is 12.9. The van der Waals surface area contributed by atoms with Gasteiger partial charge in [-0.3, -0.25) is 4.79 Å². The second-order valence-electron chi connectivity index (χ2n) is 5.43. The lowest BCUT2D eigenvalue weighted by molar-refractivity contribution is 0.0784. The highest BCUT2D eigenvalue weighted by molar-refractivity contribution is 5.94. The first kappa shape index (κ1) is 15.3. The predicted octanol–water partition coefficient (Wildman–Crippen LogP) is 3.03. The van der Waals surface area contributed by atoms with Crippen molar-refractivity contribution < 1.29 is 4.79 Å². The van der Waals surface area contributed by atoms with Gasteiger partial charge in [-0.15, -0.1) is 0 Å². The molecule has 0 aromatic heterocycles. The van der Waals surface area contributed by atoms with Crippen molar-refractivity contribution in [2.24, 2.45) is 5.73 Å². The highest BCUT2D eigenvalue weighted by atomic mass is 16.2. The number of benzene rings is 2. The molecule has 0 unspecified atom stereocenters. The molecule has 0 fully saturated rings. The van der Waals surface area contributed by atoms with Crippen LogP contribution in [-0.4, -0.2) is 17.9 Å². The number of rotatable bonds is 4. The van der Waals surface area contributed by atoms with Crippen LogP contribution >= 0.6 is 0 Å². The van der Waals surface area contributed by atoms with E-state index < -0.39 is 0 Å². The molecule has 2 aromatic rings. The first-order valence-electron chi connectivity index (χ1n) is 7.12. The van der Waals surface area contributed by atoms with E-state index in [1.165, 1.54) is 5.56 Å². The molecule has 21 heavy (non-hydrogen) atoms. The van der Waals surface area contributed by atoms with Gasteiger partial charge in [-0.05, 0) is 48.2 Å². The van der Waals surface area contributed by atoms with Gasteiger partial charge in [0.15, 0.2) is 0 Å². The molecule has 0 aliphatic rings. The van der Waals surface area contributed by atoms with Gasteiger partial charge in [0.1, 0.15) is 0 Å². The summed E-state index contributed by atoms with van der Waals surface area (Å²) in [6.07, 6.45) is 0. The summed E-state index contributed by atoms with van der Waals surface area (Å²) in [5, 5.41) is 0. The lowest BCUT2D eigenvalue weighted by Crippen LogP contribution is -2.27. The number of nitrogens with zero attached hydrogens (tertiary/aromatic N) is 1. The molecule has 3 heteroatoms. The van der Waals surface area contributed by atoms with Crippen molar-refractivity contribution in [3.05, 3.63) is 70.3 Å². The first-order chi connectivity index (χ1) is 10.0. The summed E-state index contributed by atoms with van der Waals surface area (Å²) in [4.78, 5) is 14.2. The summed E-state index contributed by atoms with van der Waals surface area (Å²) in [6, 6.07) is 13.8. The zero-order chi connectivity index (χ0) is 15.4. The Morgan fingerprint density at radius 1 is 1.05 bits per heavy atom. The summed E-state index contributed by atoms with van der Waals surface area (Å²) in [6.45, 7) is 5.13. The third-order valence-corrected chi connectivity index (χ3v) is 3.85. The minimum atomic E-state index is 0.0323. The van der Waals surface area contributed by atoms with Crippen molar-refractivity contribution in [2.75, 3.05) is 7.05 Å². The molecule has 0 spiro atoms. The summed E-state index contributed by atoms with van der Waals surface area (Å²) >= 11 is 0. The van der Waals surface area contributed by atoms with Crippen molar-refractivity contribution in [3.63, 3.8) is 0 Å². The number of hydrogen-bond donors (Lipinski definition) is 1. The molecule has 0 saturated heterocycles. The SMILES string of the molecule is Cc1ccc(C(=O)N(C)Cc2ccccc2CN)cc1C. The molecule has 2 N–H and O–H groups in total. The van der Waals surface area contributed by atoms with E-state index in [9.17, 15) is 4.79 Å². The van der Waals surface area contributed by atoms with Crippen LogP contribution in [0, 0.1) is 13.8 Å². The van der Waals surface area contributed by atoms with Crippen molar-refractivity contribution in [3.8, 4) is 0 Å². The molecule has 110 valence electrons. The van der Waals surface area contributed by atoms with Crippen LogP contribution in [0.15, 0.2) is 42.5 Å². The van der Waals surface area contributed by atoms with Crippen LogP contribution in [0.25, 0.3) is 0 Å². The molecule has 0 heterocycles. The minimum Gasteiger partial charge on any atom is -0.337 e. The molecule has 3 nitrogen and oxygen atoms in total. The Hall–Kier alpha value is -2.13. The Kier molecular flexibility index (Phi) is 4.76. The molecule has 0 bridgehead atoms. The van der Waals surface area contributed by atoms with Gasteiger partial charge in [0, 0.05) is 25.7 Å². The van der Waals surface area contributed by atoms with Gasteiger partial charge < -0.3 is 10.6 Å². The van der Waals surface area contributed by atoms with E-state index >= 15 is 0 Å². The highest BCUT2D eigenvalue weighted by Gasteiger charge is 2.13. The van der Waals surface area contributed by atoms with E-state index in [0.717, 1.165) is 22.3 Å². The Morgan fingerprint density at radius 2 is 1.71 bits per heavy atom. The van der Waals surface area contributed by atoms with Gasteiger partial charge >= 0.3 is 0 Å². The first-order valence-corrected chi connectivity index (χ1v) is 7.12. The average molecular weight is 282 g/mol. The molecule has 0 radical (unpaired) electrons. The van der Waals surface area contributed by atoms with Gasteiger partial charge in [0.25, 0.3) is 5.91 Å². The quantitative estimate of drug-likeness (QED) is 0.937. The second-order valence-corrected chi connectivity index (χ2v) is 5.43. The number of hydrogen-bond acceptors (Lipinski definition) is 2. The Morgan fingerprint density at radius 3 is 2.33 bits per heavy atom. The molecular formula is C18H22N2O. The van der Waals surface area contributed by atoms with Gasteiger partial charge in [-0.25, -0.2) is 0 Å². The van der Waals surface area contributed by atoms with Gasteiger partial charge in [0.2, 0.25) is 0 Å². The van der Waals surface area contributed by atoms with Gasteiger partial charge in [0.05, 0.1) is 0 Å². The van der Waals surface area contributed by atoms with Crippen LogP contribution < -0.4 is 5.73 Å². The van der Waals surface area contributed by atoms with Crippen molar-refractivity contribution >= 4 is 5.91 Å². The molecule has 2 rings (SSSR count). The largest absolute Gasteiger partial charge is 0.337 e. The lowest BCUT2D eigenvalue weighted by atomic mass is 10.0. The fourth-order valence-corrected chi connectivity index (χ4v) is 2.33. The Labute approximate surface area is 126 Å². The van der Waals surface area contributed by atoms with Crippen molar-refractivity contribution in [1.82, 2.24) is 4.90 Å². The predicted molar refractivity (Wildman–Crippen MR) is 86.0 cm³/mol. The fraction of sp³-hybridized carbons (Fsp3) is 0.278. The van der Waals surface area contributed by atoms with Crippen molar-refractivity contribution in [1.29, 1.82) is 0 Å². The van der Waals surface area contributed by atoms with Crippen LogP contribution in [-0.2, 0) is 13.1 Å². The maximum Gasteiger partial charge on any atom is 0.253 e. The smallest absolute Gasteiger partial charge is 0.253 e. The van der Waals surface area contributed by atoms with E-state index in [1.807, 2.05) is 63.4 Å². The third-order valence-electron chi connectivity index (χ3n) is 3.85. The summed E-state index contributed by atoms with van der Waals surface area (Å²) in [7, 11) is 1.82. The third kappa shape index (κ3) is 3.50. The second kappa shape index (κ2) is 6.55. The zero-order valence-electron chi connectivity index (χ0n) is 12.9. The maximum absolute atomic E-state index is 12.5. The number of aryl methyl sites for hydroxylation is 2. The normalized spacial score (nSPS) is 10.5. The van der Waals surface area contributed by atoms with E-state index in [-0.39, 0.29) is 5.91 Å². The summed E-state index contributed by atoms with van der Waals surface area (Å²) in [5.74, 6) is 0.0323. The summed E-state index contributed by atoms with van der Waals surface area (Å²) < 4.78 is 0. The van der Waals surface area contributed by atoms with Crippen LogP contribution in [0.5, 0.6) is 0 Å². The maximum atomic E-state index is 12.5. The molecular weight excluding hydrogens is 260 g/mol. The molecule has 0 aliphatic heterocycles. The standard InChI is InChI=1S/C18H22N2O/c1-13-8-9-15(10-14(13)2)18(21)20(3)12-17-7-5-4-6-16(17)11-19/h4-10H,11-12,19H2,1-3H3. The monoisotopic (exact) mass is 282 g/mol. The summed E-state index contributed by atoms with van der Waals surface area (Å²) in [5.41, 5.74) is 11.0. The topological polar surface area (TPSA) is 46.3 Å². The van der Waals surface area contributed by atoms with Gasteiger partial charge in [-0.2, -0.15) is 0 Å². The van der Waals surface area contributed by atoms with Crippen LogP contribution in [0.1, 0.15) is 32.6 Å². The number of carbonyl (C=O) groups excluding carboxylic acids is 1. The van der Waals surface area contributed by atoms with Crippen LogP contribution in [0.3, 0.4) is 0 Å². The van der Waals surface area contributed by atoms with E-state index in [4.69, 9.17) is 5.73 Å². The molecule has 0 atom stereocenters. The molecule has 0 saturated carbocycles. The minimum absolute atomic E-state index is 0.0323. The average Bonchev–Trinajstić information content (AvgIpc) is 2.49. The van der Waals surface area contributed by atoms with E-state index in [0.29, 0.717) is 13.1 Å². The number of nitrogens with two attached hydrogens (primary N) is 1. The van der Waals surface area contributed by atoms with Gasteiger partial charge in [-0.1, -0.05) is 30.3 Å². The highest BCUT2D eigenvalue weighted by Crippen LogP contribution is 2.15.